The third-order valence-electron chi connectivity index (χ3n) is 3.94. The average molecular weight is 302 g/mol. The average Bonchev–Trinajstić information content (AvgIpc) is 3.08. The van der Waals surface area contributed by atoms with Gasteiger partial charge in [-0.25, -0.2) is 0 Å². The van der Waals surface area contributed by atoms with Crippen LogP contribution in [0.5, 0.6) is 0 Å². The van der Waals surface area contributed by atoms with Gasteiger partial charge in [0.2, 0.25) is 5.89 Å². The summed E-state index contributed by atoms with van der Waals surface area (Å²) in [5.41, 5.74) is 1.23. The summed E-state index contributed by atoms with van der Waals surface area (Å²) < 4.78 is 10.7. The highest BCUT2D eigenvalue weighted by Gasteiger charge is 2.23. The van der Waals surface area contributed by atoms with Crippen LogP contribution in [0.4, 0.5) is 0 Å². The van der Waals surface area contributed by atoms with E-state index in [9.17, 15) is 0 Å². The number of nitrogens with zero attached hydrogens (tertiary/aromatic N) is 2. The Morgan fingerprint density at radius 1 is 1.19 bits per heavy atom. The van der Waals surface area contributed by atoms with Gasteiger partial charge in [0.05, 0.1) is 20.6 Å². The molecule has 5 heteroatoms. The van der Waals surface area contributed by atoms with Crippen LogP contribution in [0.25, 0.3) is 0 Å². The van der Waals surface area contributed by atoms with E-state index in [1.165, 1.54) is 10.8 Å². The lowest BCUT2D eigenvalue weighted by molar-refractivity contribution is 0.189. The van der Waals surface area contributed by atoms with Crippen molar-refractivity contribution in [2.24, 2.45) is 0 Å². The van der Waals surface area contributed by atoms with Crippen LogP contribution in [0.1, 0.15) is 29.6 Å². The number of ether oxygens (including phenoxy) is 1. The maximum absolute atomic E-state index is 5.36. The van der Waals surface area contributed by atoms with Gasteiger partial charge in [-0.3, -0.25) is 0 Å². The molecule has 1 aromatic carbocycles. The summed E-state index contributed by atoms with van der Waals surface area (Å²) in [5.74, 6) is 1.76. The molecule has 0 bridgehead atoms. The number of aromatic nitrogens is 2. The molecule has 1 aliphatic heterocycles. The van der Waals surface area contributed by atoms with E-state index in [4.69, 9.17) is 9.26 Å². The van der Waals surface area contributed by atoms with Crippen molar-refractivity contribution in [3.8, 4) is 0 Å². The summed E-state index contributed by atoms with van der Waals surface area (Å²) in [7, 11) is -1.23. The predicted octanol–water partition coefficient (Wildman–Crippen LogP) is 2.71. The van der Waals surface area contributed by atoms with E-state index in [1.807, 2.05) is 0 Å². The van der Waals surface area contributed by atoms with Crippen molar-refractivity contribution < 1.29 is 9.26 Å². The van der Waals surface area contributed by atoms with E-state index in [1.54, 1.807) is 0 Å². The van der Waals surface area contributed by atoms with Crippen LogP contribution in [0.15, 0.2) is 28.8 Å². The van der Waals surface area contributed by atoms with Crippen LogP contribution in [0.2, 0.25) is 19.6 Å². The quantitative estimate of drug-likeness (QED) is 0.815. The molecule has 1 unspecified atom stereocenters. The first-order valence-corrected chi connectivity index (χ1v) is 11.0. The molecule has 112 valence electrons. The second-order valence-corrected chi connectivity index (χ2v) is 11.8. The molecule has 0 aliphatic carbocycles. The van der Waals surface area contributed by atoms with E-state index in [0.717, 1.165) is 31.2 Å². The molecule has 2 heterocycles. The van der Waals surface area contributed by atoms with E-state index in [2.05, 4.69) is 54.0 Å². The van der Waals surface area contributed by atoms with E-state index in [-0.39, 0.29) is 5.92 Å². The third kappa shape index (κ3) is 3.41. The molecule has 1 saturated heterocycles. The molecule has 0 spiro atoms. The first kappa shape index (κ1) is 14.5. The van der Waals surface area contributed by atoms with Crippen molar-refractivity contribution in [3.05, 3.63) is 41.5 Å². The smallest absolute Gasteiger partial charge is 0.232 e. The molecule has 1 fully saturated rings. The van der Waals surface area contributed by atoms with Gasteiger partial charge in [0.25, 0.3) is 0 Å². The molecule has 1 atom stereocenters. The Morgan fingerprint density at radius 2 is 1.95 bits per heavy atom. The zero-order valence-electron chi connectivity index (χ0n) is 12.9. The topological polar surface area (TPSA) is 48.2 Å². The number of hydrogen-bond acceptors (Lipinski definition) is 4. The Kier molecular flexibility index (Phi) is 3.95. The monoisotopic (exact) mass is 302 g/mol. The highest BCUT2D eigenvalue weighted by atomic mass is 28.3. The normalized spacial score (nSPS) is 19.1. The summed E-state index contributed by atoms with van der Waals surface area (Å²) >= 11 is 0. The molecule has 4 nitrogen and oxygen atoms in total. The van der Waals surface area contributed by atoms with E-state index in [0.29, 0.717) is 6.61 Å². The fraction of sp³-hybridized carbons (Fsp3) is 0.500. The fourth-order valence-corrected chi connectivity index (χ4v) is 3.71. The molecule has 0 saturated carbocycles. The van der Waals surface area contributed by atoms with Gasteiger partial charge >= 0.3 is 0 Å². The first-order valence-electron chi connectivity index (χ1n) is 7.52. The second kappa shape index (κ2) is 5.73. The van der Waals surface area contributed by atoms with Crippen LogP contribution in [-0.4, -0.2) is 31.4 Å². The van der Waals surface area contributed by atoms with Crippen molar-refractivity contribution in [3.63, 3.8) is 0 Å². The van der Waals surface area contributed by atoms with Crippen molar-refractivity contribution in [2.45, 2.75) is 38.4 Å². The lowest BCUT2D eigenvalue weighted by atomic mass is 10.1. The van der Waals surface area contributed by atoms with Gasteiger partial charge in [-0.15, -0.1) is 0 Å². The molecular weight excluding hydrogens is 280 g/mol. The van der Waals surface area contributed by atoms with E-state index >= 15 is 0 Å². The minimum Gasteiger partial charge on any atom is -0.381 e. The lowest BCUT2D eigenvalue weighted by Crippen LogP contribution is -2.37. The molecule has 0 radical (unpaired) electrons. The Bertz CT molecular complexity index is 595. The summed E-state index contributed by atoms with van der Waals surface area (Å²) in [6.45, 7) is 8.57. The van der Waals surface area contributed by atoms with Crippen molar-refractivity contribution in [1.29, 1.82) is 0 Å². The molecule has 0 amide bonds. The number of benzene rings is 1. The van der Waals surface area contributed by atoms with Crippen LogP contribution in [0.3, 0.4) is 0 Å². The largest absolute Gasteiger partial charge is 0.381 e. The molecular formula is C16H22N2O2Si. The van der Waals surface area contributed by atoms with Gasteiger partial charge in [-0.1, -0.05) is 54.2 Å². The summed E-state index contributed by atoms with van der Waals surface area (Å²) in [4.78, 5) is 4.51. The Hall–Kier alpha value is -1.46. The first-order chi connectivity index (χ1) is 10.0. The SMILES string of the molecule is C[Si](C)(C)c1ccc(Cc2noc(C3CCOC3)n2)cc1. The van der Waals surface area contributed by atoms with Gasteiger partial charge in [-0.2, -0.15) is 4.98 Å². The zero-order chi connectivity index (χ0) is 14.9. The molecule has 2 aromatic rings. The van der Waals surface area contributed by atoms with Gasteiger partial charge < -0.3 is 9.26 Å². The Labute approximate surface area is 126 Å². The standard InChI is InChI=1S/C16H22N2O2Si/c1-21(2,3)14-6-4-12(5-7-14)10-15-17-16(20-18-15)13-8-9-19-11-13/h4-7,13H,8-11H2,1-3H3. The van der Waals surface area contributed by atoms with Crippen molar-refractivity contribution >= 4 is 13.3 Å². The van der Waals surface area contributed by atoms with E-state index < -0.39 is 8.07 Å². The van der Waals surface area contributed by atoms with Crippen molar-refractivity contribution in [2.75, 3.05) is 13.2 Å². The van der Waals surface area contributed by atoms with Crippen LogP contribution in [0, 0.1) is 0 Å². The highest BCUT2D eigenvalue weighted by Crippen LogP contribution is 2.23. The van der Waals surface area contributed by atoms with Gasteiger partial charge in [0.1, 0.15) is 0 Å². The second-order valence-electron chi connectivity index (χ2n) is 6.73. The van der Waals surface area contributed by atoms with Crippen LogP contribution >= 0.6 is 0 Å². The molecule has 3 rings (SSSR count). The number of hydrogen-bond donors (Lipinski definition) is 0. The number of rotatable bonds is 4. The van der Waals surface area contributed by atoms with Gasteiger partial charge in [0.15, 0.2) is 5.82 Å². The lowest BCUT2D eigenvalue weighted by Gasteiger charge is -2.16. The predicted molar refractivity (Wildman–Crippen MR) is 84.7 cm³/mol. The summed E-state index contributed by atoms with van der Waals surface area (Å²) in [6.07, 6.45) is 1.70. The highest BCUT2D eigenvalue weighted by molar-refractivity contribution is 6.88. The Balaban J connectivity index is 1.69. The van der Waals surface area contributed by atoms with Gasteiger partial charge in [-0.05, 0) is 12.0 Å². The minimum absolute atomic E-state index is 0.278. The third-order valence-corrected chi connectivity index (χ3v) is 6.01. The minimum atomic E-state index is -1.23. The molecule has 0 N–H and O–H groups in total. The van der Waals surface area contributed by atoms with Gasteiger partial charge in [0, 0.05) is 13.0 Å². The maximum Gasteiger partial charge on any atom is 0.232 e. The summed E-state index contributed by atoms with van der Waals surface area (Å²) in [5, 5.41) is 5.57. The Morgan fingerprint density at radius 3 is 2.57 bits per heavy atom. The zero-order valence-corrected chi connectivity index (χ0v) is 13.9. The fourth-order valence-electron chi connectivity index (χ4n) is 2.54. The molecule has 1 aromatic heterocycles. The molecule has 1 aliphatic rings. The summed E-state index contributed by atoms with van der Waals surface area (Å²) in [6, 6.07) is 8.85. The maximum atomic E-state index is 5.36. The van der Waals surface area contributed by atoms with Crippen LogP contribution in [-0.2, 0) is 11.2 Å². The van der Waals surface area contributed by atoms with Crippen molar-refractivity contribution in [1.82, 2.24) is 10.1 Å². The molecule has 21 heavy (non-hydrogen) atoms. The van der Waals surface area contributed by atoms with Crippen LogP contribution < -0.4 is 5.19 Å².